The number of H-pyrrole nitrogens is 1. The van der Waals surface area contributed by atoms with Gasteiger partial charge >= 0.3 is 11.7 Å². The lowest BCUT2D eigenvalue weighted by atomic mass is 10.1. The predicted octanol–water partition coefficient (Wildman–Crippen LogP) is 3.28. The lowest BCUT2D eigenvalue weighted by Crippen LogP contribution is -2.19. The molecule has 3 rings (SSSR count). The van der Waals surface area contributed by atoms with Crippen molar-refractivity contribution in [2.45, 2.75) is 19.8 Å². The Bertz CT molecular complexity index is 911. The first-order valence-electron chi connectivity index (χ1n) is 7.18. The largest absolute Gasteiger partial charge is 0.423 e. The van der Waals surface area contributed by atoms with Crippen LogP contribution in [0.25, 0.3) is 11.0 Å². The van der Waals surface area contributed by atoms with Crippen molar-refractivity contribution in [1.29, 1.82) is 0 Å². The first-order valence-corrected chi connectivity index (χ1v) is 7.18. The third-order valence-corrected chi connectivity index (χ3v) is 3.34. The van der Waals surface area contributed by atoms with E-state index in [0.29, 0.717) is 23.0 Å². The van der Waals surface area contributed by atoms with Crippen LogP contribution < -0.4 is 16.3 Å². The molecule has 3 aromatic rings. The maximum absolute atomic E-state index is 12.0. The molecule has 0 fully saturated rings. The Morgan fingerprint density at radius 1 is 1.17 bits per heavy atom. The molecule has 0 radical (unpaired) electrons. The lowest BCUT2D eigenvalue weighted by Gasteiger charge is -2.06. The van der Waals surface area contributed by atoms with Crippen LogP contribution in [-0.4, -0.2) is 16.2 Å². The molecule has 2 aromatic heterocycles. The molecule has 0 unspecified atom stereocenters. The van der Waals surface area contributed by atoms with Gasteiger partial charge in [-0.25, -0.2) is 9.59 Å². The zero-order valence-electron chi connectivity index (χ0n) is 12.7. The number of urea groups is 1. The smallest absolute Gasteiger partial charge is 0.336 e. The molecule has 0 aliphatic carbocycles. The van der Waals surface area contributed by atoms with Crippen LogP contribution in [0.1, 0.15) is 25.5 Å². The molecule has 0 atom stereocenters. The Hall–Kier alpha value is -3.09. The number of hydrogen-bond donors (Lipinski definition) is 3. The van der Waals surface area contributed by atoms with E-state index in [1.165, 1.54) is 6.07 Å². The van der Waals surface area contributed by atoms with Crippen molar-refractivity contribution in [2.75, 3.05) is 10.6 Å². The molecule has 7 nitrogen and oxygen atoms in total. The monoisotopic (exact) mass is 312 g/mol. The van der Waals surface area contributed by atoms with Crippen molar-refractivity contribution in [1.82, 2.24) is 10.2 Å². The average molecular weight is 312 g/mol. The Labute approximate surface area is 131 Å². The van der Waals surface area contributed by atoms with Crippen LogP contribution >= 0.6 is 0 Å². The highest BCUT2D eigenvalue weighted by molar-refractivity contribution is 6.00. The average Bonchev–Trinajstić information content (AvgIpc) is 2.96. The van der Waals surface area contributed by atoms with Gasteiger partial charge in [0.2, 0.25) is 0 Å². The molecule has 0 saturated carbocycles. The van der Waals surface area contributed by atoms with Gasteiger partial charge in [-0.1, -0.05) is 13.8 Å². The first kappa shape index (κ1) is 14.8. The molecule has 118 valence electrons. The molecule has 0 aliphatic rings. The van der Waals surface area contributed by atoms with Gasteiger partial charge in [-0.2, -0.15) is 5.10 Å². The number of aromatic nitrogens is 2. The van der Waals surface area contributed by atoms with Crippen LogP contribution in [0.15, 0.2) is 45.6 Å². The van der Waals surface area contributed by atoms with E-state index < -0.39 is 11.7 Å². The molecular weight excluding hydrogens is 296 g/mol. The van der Waals surface area contributed by atoms with Crippen LogP contribution in [0.3, 0.4) is 0 Å². The molecule has 0 aliphatic heterocycles. The summed E-state index contributed by atoms with van der Waals surface area (Å²) in [4.78, 5) is 23.1. The maximum atomic E-state index is 12.0. The zero-order chi connectivity index (χ0) is 16.4. The van der Waals surface area contributed by atoms with Gasteiger partial charge in [0.25, 0.3) is 0 Å². The predicted molar refractivity (Wildman–Crippen MR) is 87.8 cm³/mol. The molecular formula is C16H16N4O3. The van der Waals surface area contributed by atoms with E-state index >= 15 is 0 Å². The summed E-state index contributed by atoms with van der Waals surface area (Å²) in [7, 11) is 0. The van der Waals surface area contributed by atoms with Gasteiger partial charge in [0, 0.05) is 28.9 Å². The summed E-state index contributed by atoms with van der Waals surface area (Å²) >= 11 is 0. The van der Waals surface area contributed by atoms with Gasteiger partial charge in [-0.05, 0) is 30.2 Å². The number of benzene rings is 1. The summed E-state index contributed by atoms with van der Waals surface area (Å²) in [6.07, 6.45) is 0. The van der Waals surface area contributed by atoms with E-state index in [-0.39, 0.29) is 0 Å². The minimum Gasteiger partial charge on any atom is -0.423 e. The molecule has 3 N–H and O–H groups in total. The van der Waals surface area contributed by atoms with E-state index in [9.17, 15) is 9.59 Å². The number of carbonyl (C=O) groups excluding carboxylic acids is 1. The number of anilines is 2. The molecule has 2 heterocycles. The highest BCUT2D eigenvalue weighted by Gasteiger charge is 2.08. The second-order valence-electron chi connectivity index (χ2n) is 5.45. The standard InChI is InChI=1S/C16H16N4O3/c1-9(2)12-8-14(20-19-12)18-16(22)17-11-4-5-13-10(7-11)3-6-15(21)23-13/h3-9H,1-2H3,(H3,17,18,19,20,22). The van der Waals surface area contributed by atoms with Gasteiger partial charge in [-0.3, -0.25) is 10.4 Å². The number of nitrogens with zero attached hydrogens (tertiary/aromatic N) is 1. The van der Waals surface area contributed by atoms with Gasteiger partial charge in [0.1, 0.15) is 5.58 Å². The summed E-state index contributed by atoms with van der Waals surface area (Å²) in [6, 6.07) is 9.40. The van der Waals surface area contributed by atoms with E-state index in [1.54, 1.807) is 30.3 Å². The fraction of sp³-hybridized carbons (Fsp3) is 0.188. The number of fused-ring (bicyclic) bond motifs is 1. The molecule has 0 spiro atoms. The Balaban J connectivity index is 1.71. The zero-order valence-corrected chi connectivity index (χ0v) is 12.7. The second-order valence-corrected chi connectivity index (χ2v) is 5.45. The van der Waals surface area contributed by atoms with Crippen molar-refractivity contribution < 1.29 is 9.21 Å². The fourth-order valence-electron chi connectivity index (χ4n) is 2.12. The third-order valence-electron chi connectivity index (χ3n) is 3.34. The number of nitrogens with one attached hydrogen (secondary N) is 3. The van der Waals surface area contributed by atoms with Crippen LogP contribution in [0.4, 0.5) is 16.3 Å². The minimum absolute atomic E-state index is 0.302. The highest BCUT2D eigenvalue weighted by Crippen LogP contribution is 2.18. The quantitative estimate of drug-likeness (QED) is 0.646. The van der Waals surface area contributed by atoms with Crippen LogP contribution in [-0.2, 0) is 0 Å². The summed E-state index contributed by atoms with van der Waals surface area (Å²) in [5.74, 6) is 0.759. The van der Waals surface area contributed by atoms with Crippen molar-refractivity contribution in [3.05, 3.63) is 52.5 Å². The van der Waals surface area contributed by atoms with Gasteiger partial charge < -0.3 is 9.73 Å². The van der Waals surface area contributed by atoms with Crippen molar-refractivity contribution >= 4 is 28.5 Å². The summed E-state index contributed by atoms with van der Waals surface area (Å²) in [5.41, 5.74) is 1.59. The van der Waals surface area contributed by atoms with E-state index in [2.05, 4.69) is 20.8 Å². The lowest BCUT2D eigenvalue weighted by molar-refractivity contribution is 0.262. The summed E-state index contributed by atoms with van der Waals surface area (Å²) in [5, 5.41) is 13.0. The summed E-state index contributed by atoms with van der Waals surface area (Å²) in [6.45, 7) is 4.07. The number of aromatic amines is 1. The third kappa shape index (κ3) is 3.39. The molecule has 0 saturated heterocycles. The van der Waals surface area contributed by atoms with Crippen LogP contribution in [0.2, 0.25) is 0 Å². The number of carbonyl (C=O) groups is 1. The first-order chi connectivity index (χ1) is 11.0. The molecule has 2 amide bonds. The molecule has 7 heteroatoms. The Morgan fingerprint density at radius 2 is 2.00 bits per heavy atom. The fourth-order valence-corrected chi connectivity index (χ4v) is 2.12. The van der Waals surface area contributed by atoms with Crippen LogP contribution in [0, 0.1) is 0 Å². The number of hydrogen-bond acceptors (Lipinski definition) is 4. The van der Waals surface area contributed by atoms with Crippen LogP contribution in [0.5, 0.6) is 0 Å². The Kier molecular flexibility index (Phi) is 3.84. The number of rotatable bonds is 3. The van der Waals surface area contributed by atoms with Gasteiger partial charge in [-0.15, -0.1) is 0 Å². The van der Waals surface area contributed by atoms with Crippen molar-refractivity contribution in [3.8, 4) is 0 Å². The van der Waals surface area contributed by atoms with E-state index in [4.69, 9.17) is 4.42 Å². The number of amides is 2. The van der Waals surface area contributed by atoms with Gasteiger partial charge in [0.05, 0.1) is 0 Å². The maximum Gasteiger partial charge on any atom is 0.336 e. The van der Waals surface area contributed by atoms with E-state index in [1.807, 2.05) is 13.8 Å². The van der Waals surface area contributed by atoms with Crippen molar-refractivity contribution in [2.24, 2.45) is 0 Å². The molecule has 23 heavy (non-hydrogen) atoms. The second kappa shape index (κ2) is 5.96. The highest BCUT2D eigenvalue weighted by atomic mass is 16.4. The Morgan fingerprint density at radius 3 is 2.74 bits per heavy atom. The van der Waals surface area contributed by atoms with Crippen molar-refractivity contribution in [3.63, 3.8) is 0 Å². The molecule has 0 bridgehead atoms. The van der Waals surface area contributed by atoms with E-state index in [0.717, 1.165) is 11.1 Å². The SMILES string of the molecule is CC(C)c1cc(NC(=O)Nc2ccc3oc(=O)ccc3c2)n[nH]1. The molecule has 1 aromatic carbocycles. The van der Waals surface area contributed by atoms with Gasteiger partial charge in [0.15, 0.2) is 5.82 Å². The minimum atomic E-state index is -0.407. The normalized spacial score (nSPS) is 10.9. The topological polar surface area (TPSA) is 100 Å². The summed E-state index contributed by atoms with van der Waals surface area (Å²) < 4.78 is 5.04.